The van der Waals surface area contributed by atoms with Gasteiger partial charge in [0.05, 0.1) is 0 Å². The minimum atomic E-state index is 0.541. The molecule has 0 aromatic heterocycles. The van der Waals surface area contributed by atoms with Gasteiger partial charge in [0, 0.05) is 30.7 Å². The maximum absolute atomic E-state index is 2.68. The molecule has 1 unspecified atom stereocenters. The molecule has 0 aromatic rings. The molecule has 0 amide bonds. The average molecular weight is 210 g/mol. The lowest BCUT2D eigenvalue weighted by Crippen LogP contribution is -2.69. The monoisotopic (exact) mass is 210 g/mol. The lowest BCUT2D eigenvalue weighted by molar-refractivity contribution is -0.0503. The first-order chi connectivity index (χ1) is 6.96. The van der Waals surface area contributed by atoms with E-state index in [1.165, 1.54) is 25.9 Å². The van der Waals surface area contributed by atoms with E-state index in [1.54, 1.807) is 0 Å². The summed E-state index contributed by atoms with van der Waals surface area (Å²) in [6, 6.07) is 1.54. The van der Waals surface area contributed by atoms with E-state index in [9.17, 15) is 0 Å². The lowest BCUT2D eigenvalue weighted by atomic mass is 9.86. The Labute approximate surface area is 94.6 Å². The summed E-state index contributed by atoms with van der Waals surface area (Å²) in [7, 11) is 2.34. The van der Waals surface area contributed by atoms with Crippen LogP contribution in [0.25, 0.3) is 0 Å². The van der Waals surface area contributed by atoms with Gasteiger partial charge in [-0.25, -0.2) is 0 Å². The molecule has 1 atom stereocenters. The van der Waals surface area contributed by atoms with E-state index >= 15 is 0 Å². The molecule has 0 radical (unpaired) electrons. The van der Waals surface area contributed by atoms with Gasteiger partial charge in [-0.1, -0.05) is 13.8 Å². The molecule has 2 rings (SSSR count). The van der Waals surface area contributed by atoms with Crippen molar-refractivity contribution in [3.8, 4) is 0 Å². The van der Waals surface area contributed by atoms with Crippen LogP contribution in [0.5, 0.6) is 0 Å². The molecule has 2 heterocycles. The Morgan fingerprint density at radius 3 is 2.13 bits per heavy atom. The third kappa shape index (κ3) is 1.72. The number of nitrogens with zero attached hydrogens (tertiary/aromatic N) is 2. The summed E-state index contributed by atoms with van der Waals surface area (Å²) >= 11 is 0. The second-order valence-electron chi connectivity index (χ2n) is 6.18. The van der Waals surface area contributed by atoms with Crippen LogP contribution in [0.15, 0.2) is 0 Å². The zero-order valence-electron chi connectivity index (χ0n) is 11.0. The van der Waals surface area contributed by atoms with Gasteiger partial charge in [0.1, 0.15) is 0 Å². The third-order valence-corrected chi connectivity index (χ3v) is 4.65. The van der Waals surface area contributed by atoms with Gasteiger partial charge in [-0.05, 0) is 39.7 Å². The van der Waals surface area contributed by atoms with Crippen LogP contribution in [0, 0.1) is 5.92 Å². The van der Waals surface area contributed by atoms with E-state index in [1.807, 2.05) is 0 Å². The first-order valence-electron chi connectivity index (χ1n) is 6.43. The van der Waals surface area contributed by atoms with Gasteiger partial charge < -0.3 is 0 Å². The molecule has 0 aliphatic carbocycles. The van der Waals surface area contributed by atoms with Crippen LogP contribution in [0.1, 0.15) is 40.5 Å². The van der Waals surface area contributed by atoms with Crippen molar-refractivity contribution in [1.29, 1.82) is 0 Å². The highest BCUT2D eigenvalue weighted by Crippen LogP contribution is 2.42. The maximum atomic E-state index is 2.68. The SMILES string of the molecule is CC(C)C1CCC2(CN(C(C)C)C2)N1C. The molecule has 0 saturated carbocycles. The van der Waals surface area contributed by atoms with Gasteiger partial charge in [-0.3, -0.25) is 9.80 Å². The molecule has 15 heavy (non-hydrogen) atoms. The summed E-state index contributed by atoms with van der Waals surface area (Å²) in [4.78, 5) is 5.27. The van der Waals surface area contributed by atoms with Gasteiger partial charge >= 0.3 is 0 Å². The summed E-state index contributed by atoms with van der Waals surface area (Å²) < 4.78 is 0. The van der Waals surface area contributed by atoms with Crippen molar-refractivity contribution in [2.45, 2.75) is 58.2 Å². The van der Waals surface area contributed by atoms with Crippen molar-refractivity contribution in [3.05, 3.63) is 0 Å². The average Bonchev–Trinajstić information content (AvgIpc) is 2.39. The van der Waals surface area contributed by atoms with Crippen molar-refractivity contribution >= 4 is 0 Å². The summed E-state index contributed by atoms with van der Waals surface area (Å²) in [6.45, 7) is 11.9. The van der Waals surface area contributed by atoms with Gasteiger partial charge in [-0.2, -0.15) is 0 Å². The predicted molar refractivity (Wildman–Crippen MR) is 65.1 cm³/mol. The Hall–Kier alpha value is -0.0800. The van der Waals surface area contributed by atoms with Crippen molar-refractivity contribution in [1.82, 2.24) is 9.80 Å². The molecule has 2 saturated heterocycles. The lowest BCUT2D eigenvalue weighted by Gasteiger charge is -2.55. The van der Waals surface area contributed by atoms with Crippen LogP contribution in [-0.2, 0) is 0 Å². The van der Waals surface area contributed by atoms with Crippen molar-refractivity contribution in [2.75, 3.05) is 20.1 Å². The molecule has 2 aliphatic rings. The number of hydrogen-bond acceptors (Lipinski definition) is 2. The van der Waals surface area contributed by atoms with Crippen LogP contribution in [0.3, 0.4) is 0 Å². The Bertz CT molecular complexity index is 229. The molecule has 1 spiro atoms. The Kier molecular flexibility index (Phi) is 2.85. The van der Waals surface area contributed by atoms with E-state index in [0.29, 0.717) is 5.54 Å². The molecule has 2 nitrogen and oxygen atoms in total. The zero-order valence-corrected chi connectivity index (χ0v) is 11.0. The second-order valence-corrected chi connectivity index (χ2v) is 6.18. The quantitative estimate of drug-likeness (QED) is 0.689. The number of rotatable bonds is 2. The Morgan fingerprint density at radius 1 is 1.13 bits per heavy atom. The first kappa shape index (κ1) is 11.4. The Balaban J connectivity index is 1.97. The minimum Gasteiger partial charge on any atom is -0.297 e. The van der Waals surface area contributed by atoms with Crippen LogP contribution >= 0.6 is 0 Å². The van der Waals surface area contributed by atoms with Gasteiger partial charge in [0.15, 0.2) is 0 Å². The summed E-state index contributed by atoms with van der Waals surface area (Å²) in [6.07, 6.45) is 2.82. The minimum absolute atomic E-state index is 0.541. The topological polar surface area (TPSA) is 6.48 Å². The van der Waals surface area contributed by atoms with Crippen LogP contribution in [-0.4, -0.2) is 47.6 Å². The largest absolute Gasteiger partial charge is 0.297 e. The zero-order chi connectivity index (χ0) is 11.2. The molecule has 2 aliphatic heterocycles. The number of likely N-dealkylation sites (N-methyl/N-ethyl adjacent to an activating group) is 1. The highest BCUT2D eigenvalue weighted by atomic mass is 15.4. The summed E-state index contributed by atoms with van der Waals surface area (Å²) in [5, 5.41) is 0. The van der Waals surface area contributed by atoms with Crippen LogP contribution < -0.4 is 0 Å². The standard InChI is InChI=1S/C13H26N2/c1-10(2)12-6-7-13(14(12)5)8-15(9-13)11(3)4/h10-12H,6-9H2,1-5H3. The number of likely N-dealkylation sites (tertiary alicyclic amines) is 2. The smallest absolute Gasteiger partial charge is 0.0463 e. The molecular formula is C13H26N2. The van der Waals surface area contributed by atoms with E-state index in [2.05, 4.69) is 44.5 Å². The van der Waals surface area contributed by atoms with E-state index in [-0.39, 0.29) is 0 Å². The van der Waals surface area contributed by atoms with Gasteiger partial charge in [0.25, 0.3) is 0 Å². The Morgan fingerprint density at radius 2 is 1.73 bits per heavy atom. The molecule has 2 heteroatoms. The molecule has 0 bridgehead atoms. The van der Waals surface area contributed by atoms with Crippen molar-refractivity contribution in [3.63, 3.8) is 0 Å². The van der Waals surface area contributed by atoms with Gasteiger partial charge in [-0.15, -0.1) is 0 Å². The fraction of sp³-hybridized carbons (Fsp3) is 1.00. The highest BCUT2D eigenvalue weighted by Gasteiger charge is 2.52. The molecule has 2 fully saturated rings. The normalized spacial score (nSPS) is 31.8. The van der Waals surface area contributed by atoms with Gasteiger partial charge in [0.2, 0.25) is 0 Å². The second kappa shape index (κ2) is 3.74. The molecular weight excluding hydrogens is 184 g/mol. The highest BCUT2D eigenvalue weighted by molar-refractivity contribution is 5.10. The fourth-order valence-corrected chi connectivity index (χ4v) is 3.37. The first-order valence-corrected chi connectivity index (χ1v) is 6.43. The van der Waals surface area contributed by atoms with Crippen molar-refractivity contribution < 1.29 is 0 Å². The predicted octanol–water partition coefficient (Wildman–Crippen LogP) is 2.20. The van der Waals surface area contributed by atoms with E-state index in [0.717, 1.165) is 18.0 Å². The van der Waals surface area contributed by atoms with E-state index in [4.69, 9.17) is 0 Å². The third-order valence-electron chi connectivity index (χ3n) is 4.65. The fourth-order valence-electron chi connectivity index (χ4n) is 3.37. The molecule has 88 valence electrons. The van der Waals surface area contributed by atoms with Crippen LogP contribution in [0.2, 0.25) is 0 Å². The summed E-state index contributed by atoms with van der Waals surface area (Å²) in [5.74, 6) is 0.808. The number of hydrogen-bond donors (Lipinski definition) is 0. The van der Waals surface area contributed by atoms with Crippen molar-refractivity contribution in [2.24, 2.45) is 5.92 Å². The maximum Gasteiger partial charge on any atom is 0.0463 e. The molecule has 0 aromatic carbocycles. The molecule has 0 N–H and O–H groups in total. The van der Waals surface area contributed by atoms with E-state index < -0.39 is 0 Å². The van der Waals surface area contributed by atoms with Crippen LogP contribution in [0.4, 0.5) is 0 Å². The summed E-state index contributed by atoms with van der Waals surface area (Å²) in [5.41, 5.74) is 0.541.